The van der Waals surface area contributed by atoms with Gasteiger partial charge in [-0.15, -0.1) is 0 Å². The van der Waals surface area contributed by atoms with Crippen LogP contribution in [0.4, 0.5) is 0 Å². The van der Waals surface area contributed by atoms with Gasteiger partial charge in [0, 0.05) is 0 Å². The Balaban J connectivity index is 1.79. The Labute approximate surface area is 227 Å². The molecule has 0 aliphatic carbocycles. The summed E-state index contributed by atoms with van der Waals surface area (Å²) in [4.78, 5) is 13.1. The molecule has 5 atom stereocenters. The van der Waals surface area contributed by atoms with Crippen molar-refractivity contribution < 1.29 is 24.1 Å². The summed E-state index contributed by atoms with van der Waals surface area (Å²) in [5, 5.41) is 11.7. The zero-order valence-electron chi connectivity index (χ0n) is 22.1. The van der Waals surface area contributed by atoms with Gasteiger partial charge < -0.3 is 0 Å². The molecule has 0 fully saturated rings. The third-order valence-corrected chi connectivity index (χ3v) is 9.39. The third-order valence-electron chi connectivity index (χ3n) is 6.58. The molecule has 0 saturated carbocycles. The van der Waals surface area contributed by atoms with Gasteiger partial charge in [-0.05, 0) is 0 Å². The number of carbonyl (C=O) groups excluding carboxylic acids is 1. The van der Waals surface area contributed by atoms with E-state index in [0.29, 0.717) is 19.8 Å². The van der Waals surface area contributed by atoms with Gasteiger partial charge in [-0.3, -0.25) is 0 Å². The van der Waals surface area contributed by atoms with Crippen molar-refractivity contribution in [1.82, 2.24) is 0 Å². The van der Waals surface area contributed by atoms with Gasteiger partial charge in [0.2, 0.25) is 0 Å². The molecule has 3 rings (SSSR count). The Kier molecular flexibility index (Phi) is 11.4. The zero-order valence-corrected chi connectivity index (χ0v) is 23.8. The van der Waals surface area contributed by atoms with Gasteiger partial charge >= 0.3 is 228 Å². The Morgan fingerprint density at radius 2 is 1.38 bits per heavy atom. The number of rotatable bonds is 14. The fourth-order valence-electron chi connectivity index (χ4n) is 4.47. The van der Waals surface area contributed by atoms with Gasteiger partial charge in [0.1, 0.15) is 0 Å². The molecule has 0 aromatic heterocycles. The number of aliphatic hydroxyl groups is 1. The van der Waals surface area contributed by atoms with Crippen molar-refractivity contribution >= 4 is 25.4 Å². The normalized spacial score (nSPS) is 16.2. The fourth-order valence-corrected chi connectivity index (χ4v) is 7.17. The SMILES string of the molecule is COC(=O)[C@](C)([Se]c1ccccc1)[C@@H](O)[C@@H](C)[C@@H](OCc1ccccc1)[C@@H](C)COCc1ccccc1. The summed E-state index contributed by atoms with van der Waals surface area (Å²) in [5.41, 5.74) is 2.16. The van der Waals surface area contributed by atoms with E-state index in [1.165, 1.54) is 7.11 Å². The second-order valence-corrected chi connectivity index (χ2v) is 12.8. The van der Waals surface area contributed by atoms with Crippen LogP contribution >= 0.6 is 0 Å². The Morgan fingerprint density at radius 1 is 0.865 bits per heavy atom. The van der Waals surface area contributed by atoms with Gasteiger partial charge in [-0.25, -0.2) is 0 Å². The van der Waals surface area contributed by atoms with Crippen LogP contribution in [0.15, 0.2) is 91.0 Å². The molecule has 0 aliphatic heterocycles. The number of esters is 1. The first-order chi connectivity index (χ1) is 17.8. The first kappa shape index (κ1) is 29.1. The van der Waals surface area contributed by atoms with E-state index in [0.717, 1.165) is 15.6 Å². The molecule has 0 radical (unpaired) electrons. The molecule has 0 bridgehead atoms. The Bertz CT molecular complexity index is 1060. The molecule has 6 heteroatoms. The molecular weight excluding hydrogens is 531 g/mol. The van der Waals surface area contributed by atoms with Crippen molar-refractivity contribution in [2.45, 2.75) is 50.5 Å². The summed E-state index contributed by atoms with van der Waals surface area (Å²) in [6.45, 7) is 7.20. The molecular formula is C31H38O5Se. The standard InChI is InChI=1S/C31H38O5Se/c1-23(20-35-21-25-14-8-5-9-15-25)28(36-22-26-16-10-6-11-17-26)24(2)29(32)31(3,30(33)34-4)37-27-18-12-7-13-19-27/h5-19,23-24,28-29,32H,20-22H2,1-4H3/t23-,24-,28-,29-,31+/m0/s1. The van der Waals surface area contributed by atoms with Gasteiger partial charge in [0.05, 0.1) is 0 Å². The first-order valence-electron chi connectivity index (χ1n) is 12.6. The predicted molar refractivity (Wildman–Crippen MR) is 148 cm³/mol. The van der Waals surface area contributed by atoms with Crippen LogP contribution in [-0.4, -0.2) is 52.0 Å². The maximum absolute atomic E-state index is 13.1. The van der Waals surface area contributed by atoms with Crippen LogP contribution in [-0.2, 0) is 32.2 Å². The van der Waals surface area contributed by atoms with Crippen molar-refractivity contribution in [2.24, 2.45) is 11.8 Å². The summed E-state index contributed by atoms with van der Waals surface area (Å²) >= 11 is -0.355. The third kappa shape index (κ3) is 8.26. The minimum absolute atomic E-state index is 0.0248. The van der Waals surface area contributed by atoms with Gasteiger partial charge in [-0.2, -0.15) is 0 Å². The zero-order chi connectivity index (χ0) is 26.7. The summed E-state index contributed by atoms with van der Waals surface area (Å²) < 4.78 is 17.6. The minimum atomic E-state index is -1.08. The molecule has 37 heavy (non-hydrogen) atoms. The Hall–Kier alpha value is -2.47. The molecule has 0 spiro atoms. The molecule has 0 amide bonds. The van der Waals surface area contributed by atoms with Crippen molar-refractivity contribution in [3.8, 4) is 0 Å². The first-order valence-corrected chi connectivity index (χ1v) is 14.3. The van der Waals surface area contributed by atoms with Crippen LogP contribution < -0.4 is 4.46 Å². The van der Waals surface area contributed by atoms with Crippen molar-refractivity contribution in [2.75, 3.05) is 13.7 Å². The van der Waals surface area contributed by atoms with E-state index in [1.807, 2.05) is 97.9 Å². The van der Waals surface area contributed by atoms with Crippen molar-refractivity contribution in [1.29, 1.82) is 0 Å². The van der Waals surface area contributed by atoms with E-state index in [4.69, 9.17) is 14.2 Å². The van der Waals surface area contributed by atoms with Crippen molar-refractivity contribution in [3.05, 3.63) is 102 Å². The van der Waals surface area contributed by atoms with Crippen LogP contribution in [0.2, 0.25) is 4.31 Å². The van der Waals surface area contributed by atoms with Gasteiger partial charge in [0.15, 0.2) is 0 Å². The van der Waals surface area contributed by atoms with E-state index in [9.17, 15) is 9.90 Å². The number of methoxy groups -OCH3 is 1. The van der Waals surface area contributed by atoms with Crippen LogP contribution in [0.5, 0.6) is 0 Å². The van der Waals surface area contributed by atoms with Crippen molar-refractivity contribution in [3.63, 3.8) is 0 Å². The van der Waals surface area contributed by atoms with E-state index >= 15 is 0 Å². The fraction of sp³-hybridized carbons (Fsp3) is 0.387. The molecule has 0 heterocycles. The maximum atomic E-state index is 13.1. The van der Waals surface area contributed by atoms with Crippen LogP contribution in [0.25, 0.3) is 0 Å². The number of hydrogen-bond acceptors (Lipinski definition) is 5. The second kappa shape index (κ2) is 14.5. The summed E-state index contributed by atoms with van der Waals surface area (Å²) in [6, 6.07) is 29.8. The number of hydrogen-bond donors (Lipinski definition) is 1. The van der Waals surface area contributed by atoms with Crippen LogP contribution in [0.3, 0.4) is 0 Å². The molecule has 0 unspecified atom stereocenters. The average molecular weight is 570 g/mol. The van der Waals surface area contributed by atoms with E-state index in [1.54, 1.807) is 6.92 Å². The van der Waals surface area contributed by atoms with Gasteiger partial charge in [-0.1, -0.05) is 0 Å². The van der Waals surface area contributed by atoms with E-state index < -0.39 is 16.4 Å². The number of benzene rings is 3. The number of aliphatic hydroxyl groups excluding tert-OH is 1. The number of carbonyl (C=O) groups is 1. The second-order valence-electron chi connectivity index (χ2n) is 9.56. The summed E-state index contributed by atoms with van der Waals surface area (Å²) in [6.07, 6.45) is -1.32. The van der Waals surface area contributed by atoms with E-state index in [-0.39, 0.29) is 32.9 Å². The predicted octanol–water partition coefficient (Wildman–Crippen LogP) is 4.80. The molecule has 5 nitrogen and oxygen atoms in total. The van der Waals surface area contributed by atoms with Gasteiger partial charge in [0.25, 0.3) is 0 Å². The average Bonchev–Trinajstić information content (AvgIpc) is 2.93. The molecule has 3 aromatic rings. The molecule has 0 saturated heterocycles. The van der Waals surface area contributed by atoms with Crippen LogP contribution in [0.1, 0.15) is 31.9 Å². The molecule has 198 valence electrons. The van der Waals surface area contributed by atoms with E-state index in [2.05, 4.69) is 6.92 Å². The summed E-state index contributed by atoms with van der Waals surface area (Å²) in [7, 11) is 1.38. The molecule has 0 aliphatic rings. The van der Waals surface area contributed by atoms with Crippen LogP contribution in [0, 0.1) is 11.8 Å². The molecule has 1 N–H and O–H groups in total. The number of ether oxygens (including phenoxy) is 3. The quantitative estimate of drug-likeness (QED) is 0.223. The summed E-state index contributed by atoms with van der Waals surface area (Å²) in [5.74, 6) is -0.789. The topological polar surface area (TPSA) is 65.0 Å². The Morgan fingerprint density at radius 3 is 1.92 bits per heavy atom. The monoisotopic (exact) mass is 570 g/mol. The molecule has 3 aromatic carbocycles.